The first-order chi connectivity index (χ1) is 13.8. The number of benzene rings is 2. The van der Waals surface area contributed by atoms with Gasteiger partial charge < -0.3 is 19.3 Å². The van der Waals surface area contributed by atoms with Gasteiger partial charge in [0, 0.05) is 31.7 Å². The van der Waals surface area contributed by atoms with Crippen LogP contribution in [0.4, 0.5) is 4.39 Å². The Morgan fingerprint density at radius 3 is 2.07 bits per heavy atom. The maximum atomic E-state index is 13.2. The average molecular weight is 441 g/mol. The summed E-state index contributed by atoms with van der Waals surface area (Å²) < 4.78 is 23.6. The standard InChI is InChI=1S/C20H19Cl2FN2O4/c1-28-17-10-12(9-16(22)18(17)29-2)19(26)24-5-7-25(8-6-24)20(27)14-4-3-13(23)11-15(14)21/h3-4,9-11H,5-8H2,1-2H3. The van der Waals surface area contributed by atoms with Crippen LogP contribution < -0.4 is 9.47 Å². The van der Waals surface area contributed by atoms with E-state index in [2.05, 4.69) is 0 Å². The van der Waals surface area contributed by atoms with E-state index in [0.29, 0.717) is 43.2 Å². The number of rotatable bonds is 4. The van der Waals surface area contributed by atoms with Crippen molar-refractivity contribution < 1.29 is 23.5 Å². The summed E-state index contributed by atoms with van der Waals surface area (Å²) in [5.41, 5.74) is 0.605. The fourth-order valence-electron chi connectivity index (χ4n) is 3.17. The highest BCUT2D eigenvalue weighted by Gasteiger charge is 2.27. The number of nitrogens with zero attached hydrogens (tertiary/aromatic N) is 2. The topological polar surface area (TPSA) is 59.1 Å². The van der Waals surface area contributed by atoms with E-state index >= 15 is 0 Å². The van der Waals surface area contributed by atoms with E-state index < -0.39 is 5.82 Å². The second-order valence-electron chi connectivity index (χ2n) is 6.40. The highest BCUT2D eigenvalue weighted by Crippen LogP contribution is 2.36. The number of hydrogen-bond acceptors (Lipinski definition) is 4. The molecular formula is C20H19Cl2FN2O4. The first kappa shape index (κ1) is 21.2. The van der Waals surface area contributed by atoms with Crippen LogP contribution in [0.1, 0.15) is 20.7 Å². The Morgan fingerprint density at radius 1 is 0.897 bits per heavy atom. The molecule has 6 nitrogen and oxygen atoms in total. The van der Waals surface area contributed by atoms with Crippen molar-refractivity contribution >= 4 is 35.0 Å². The Morgan fingerprint density at radius 2 is 1.52 bits per heavy atom. The molecule has 0 N–H and O–H groups in total. The van der Waals surface area contributed by atoms with Gasteiger partial charge in [-0.15, -0.1) is 0 Å². The molecule has 1 heterocycles. The van der Waals surface area contributed by atoms with E-state index in [9.17, 15) is 14.0 Å². The second-order valence-corrected chi connectivity index (χ2v) is 7.22. The Labute approximate surface area is 177 Å². The first-order valence-electron chi connectivity index (χ1n) is 8.80. The molecule has 0 spiro atoms. The van der Waals surface area contributed by atoms with E-state index in [1.807, 2.05) is 0 Å². The van der Waals surface area contributed by atoms with Crippen LogP contribution >= 0.6 is 23.2 Å². The third-order valence-electron chi connectivity index (χ3n) is 4.70. The Bertz CT molecular complexity index is 946. The normalized spacial score (nSPS) is 14.0. The molecule has 0 unspecified atom stereocenters. The molecule has 2 aromatic carbocycles. The van der Waals surface area contributed by atoms with Crippen molar-refractivity contribution in [1.82, 2.24) is 9.80 Å². The molecule has 0 bridgehead atoms. The molecular weight excluding hydrogens is 422 g/mol. The number of carbonyl (C=O) groups is 2. The van der Waals surface area contributed by atoms with E-state index in [-0.39, 0.29) is 27.4 Å². The molecule has 154 valence electrons. The summed E-state index contributed by atoms with van der Waals surface area (Å²) >= 11 is 12.2. The Balaban J connectivity index is 1.70. The van der Waals surface area contributed by atoms with Crippen molar-refractivity contribution in [3.8, 4) is 11.5 Å². The van der Waals surface area contributed by atoms with Gasteiger partial charge in [-0.1, -0.05) is 23.2 Å². The number of piperazine rings is 1. The number of amides is 2. The van der Waals surface area contributed by atoms with E-state index in [1.165, 1.54) is 32.4 Å². The molecule has 9 heteroatoms. The van der Waals surface area contributed by atoms with Crippen LogP contribution in [0.2, 0.25) is 10.0 Å². The third-order valence-corrected chi connectivity index (χ3v) is 5.29. The fraction of sp³-hybridized carbons (Fsp3) is 0.300. The molecule has 1 aliphatic heterocycles. The molecule has 2 amide bonds. The minimum absolute atomic E-state index is 0.0634. The number of methoxy groups -OCH3 is 2. The molecule has 2 aromatic rings. The molecule has 0 radical (unpaired) electrons. The van der Waals surface area contributed by atoms with E-state index in [1.54, 1.807) is 15.9 Å². The van der Waals surface area contributed by atoms with Crippen molar-refractivity contribution in [2.24, 2.45) is 0 Å². The average Bonchev–Trinajstić information content (AvgIpc) is 2.72. The molecule has 1 aliphatic rings. The van der Waals surface area contributed by atoms with Crippen molar-refractivity contribution in [3.63, 3.8) is 0 Å². The van der Waals surface area contributed by atoms with Gasteiger partial charge in [0.25, 0.3) is 11.8 Å². The largest absolute Gasteiger partial charge is 0.493 e. The van der Waals surface area contributed by atoms with Crippen molar-refractivity contribution in [3.05, 3.63) is 57.3 Å². The zero-order valence-electron chi connectivity index (χ0n) is 15.9. The van der Waals surface area contributed by atoms with Gasteiger partial charge in [-0.2, -0.15) is 0 Å². The van der Waals surface area contributed by atoms with Gasteiger partial charge in [0.2, 0.25) is 0 Å². The summed E-state index contributed by atoms with van der Waals surface area (Å²) in [7, 11) is 2.93. The van der Waals surface area contributed by atoms with Gasteiger partial charge in [-0.25, -0.2) is 4.39 Å². The van der Waals surface area contributed by atoms with E-state index in [4.69, 9.17) is 32.7 Å². The van der Waals surface area contributed by atoms with Gasteiger partial charge in [-0.3, -0.25) is 9.59 Å². The van der Waals surface area contributed by atoms with Crippen LogP contribution in [0, 0.1) is 5.82 Å². The predicted octanol–water partition coefficient (Wildman–Crippen LogP) is 3.75. The minimum atomic E-state index is -0.504. The van der Waals surface area contributed by atoms with Crippen LogP contribution in [0.5, 0.6) is 11.5 Å². The van der Waals surface area contributed by atoms with Gasteiger partial charge in [0.05, 0.1) is 29.8 Å². The Kier molecular flexibility index (Phi) is 6.49. The van der Waals surface area contributed by atoms with Crippen LogP contribution in [-0.4, -0.2) is 62.0 Å². The fourth-order valence-corrected chi connectivity index (χ4v) is 3.71. The maximum absolute atomic E-state index is 13.2. The summed E-state index contributed by atoms with van der Waals surface area (Å²) in [6.45, 7) is 1.35. The zero-order valence-corrected chi connectivity index (χ0v) is 17.4. The minimum Gasteiger partial charge on any atom is -0.493 e. The lowest BCUT2D eigenvalue weighted by molar-refractivity contribution is 0.0535. The number of halogens is 3. The zero-order chi connectivity index (χ0) is 21.1. The van der Waals surface area contributed by atoms with Crippen molar-refractivity contribution in [1.29, 1.82) is 0 Å². The summed E-state index contributed by atoms with van der Waals surface area (Å²) in [4.78, 5) is 28.7. The van der Waals surface area contributed by atoms with Crippen molar-refractivity contribution in [2.45, 2.75) is 0 Å². The summed E-state index contributed by atoms with van der Waals surface area (Å²) in [5.74, 6) is -0.299. The van der Waals surface area contributed by atoms with Gasteiger partial charge in [0.1, 0.15) is 5.82 Å². The number of hydrogen-bond donors (Lipinski definition) is 0. The number of ether oxygens (including phenoxy) is 2. The molecule has 1 saturated heterocycles. The summed E-state index contributed by atoms with van der Waals surface area (Å²) in [6, 6.07) is 6.77. The molecule has 3 rings (SSSR count). The molecule has 1 fully saturated rings. The number of carbonyl (C=O) groups excluding carboxylic acids is 2. The monoisotopic (exact) mass is 440 g/mol. The third kappa shape index (κ3) is 4.41. The Hall–Kier alpha value is -2.51. The van der Waals surface area contributed by atoms with Crippen LogP contribution in [-0.2, 0) is 0 Å². The molecule has 0 saturated carbocycles. The first-order valence-corrected chi connectivity index (χ1v) is 9.56. The smallest absolute Gasteiger partial charge is 0.255 e. The van der Waals surface area contributed by atoms with Gasteiger partial charge in [-0.05, 0) is 30.3 Å². The lowest BCUT2D eigenvalue weighted by Crippen LogP contribution is -2.50. The summed E-state index contributed by atoms with van der Waals surface area (Å²) in [6.07, 6.45) is 0. The molecule has 0 atom stereocenters. The SMILES string of the molecule is COc1cc(C(=O)N2CCN(C(=O)c3ccc(F)cc3Cl)CC2)cc(Cl)c1OC. The van der Waals surface area contributed by atoms with Crippen LogP contribution in [0.3, 0.4) is 0 Å². The molecule has 0 aromatic heterocycles. The van der Waals surface area contributed by atoms with Crippen molar-refractivity contribution in [2.75, 3.05) is 40.4 Å². The highest BCUT2D eigenvalue weighted by molar-refractivity contribution is 6.34. The molecule has 0 aliphatic carbocycles. The lowest BCUT2D eigenvalue weighted by atomic mass is 10.1. The van der Waals surface area contributed by atoms with Crippen LogP contribution in [0.25, 0.3) is 0 Å². The van der Waals surface area contributed by atoms with Gasteiger partial charge in [0.15, 0.2) is 11.5 Å². The quantitative estimate of drug-likeness (QED) is 0.726. The summed E-state index contributed by atoms with van der Waals surface area (Å²) in [5, 5.41) is 0.337. The van der Waals surface area contributed by atoms with E-state index in [0.717, 1.165) is 6.07 Å². The van der Waals surface area contributed by atoms with Gasteiger partial charge >= 0.3 is 0 Å². The molecule has 29 heavy (non-hydrogen) atoms. The predicted molar refractivity (Wildman–Crippen MR) is 108 cm³/mol. The second kappa shape index (κ2) is 8.88. The lowest BCUT2D eigenvalue weighted by Gasteiger charge is -2.35. The maximum Gasteiger partial charge on any atom is 0.255 e. The highest BCUT2D eigenvalue weighted by atomic mass is 35.5. The van der Waals surface area contributed by atoms with Crippen LogP contribution in [0.15, 0.2) is 30.3 Å².